The summed E-state index contributed by atoms with van der Waals surface area (Å²) in [6.45, 7) is -0.447. The molecule has 1 fully saturated rings. The summed E-state index contributed by atoms with van der Waals surface area (Å²) in [5.74, 6) is -0.101. The zero-order valence-corrected chi connectivity index (χ0v) is 10.2. The van der Waals surface area contributed by atoms with Gasteiger partial charge in [0.15, 0.2) is 17.4 Å². The SMILES string of the molecule is C.Nc1nc2c(ncn2[C@@H]2O[C@H](CO)[C@H](O)C2O)c(=O)[nH]1. The lowest BCUT2D eigenvalue weighted by molar-refractivity contribution is -0.0511. The number of aromatic amines is 1. The van der Waals surface area contributed by atoms with Crippen molar-refractivity contribution in [3.05, 3.63) is 16.7 Å². The minimum absolute atomic E-state index is 0. The molecular formula is C11H17N5O5. The topological polar surface area (TPSA) is 160 Å². The van der Waals surface area contributed by atoms with Gasteiger partial charge in [-0.3, -0.25) is 14.3 Å². The van der Waals surface area contributed by atoms with Crippen LogP contribution in [-0.2, 0) is 4.74 Å². The standard InChI is InChI=1S/C10H13N5O5.CH4/c11-10-13-7-4(8(19)14-10)12-2-15(7)9-6(18)5(17)3(1-16)20-9;/h2-3,5-6,9,16-18H,1H2,(H3,11,13,14,19);1H4/t3-,5+,6?,9-;/m1./s1. The van der Waals surface area contributed by atoms with Crippen molar-refractivity contribution in [2.45, 2.75) is 32.0 Å². The summed E-state index contributed by atoms with van der Waals surface area (Å²) in [4.78, 5) is 21.8. The van der Waals surface area contributed by atoms with Gasteiger partial charge in [0.1, 0.15) is 18.3 Å². The number of ether oxygens (including phenoxy) is 1. The first-order chi connectivity index (χ1) is 9.52. The molecule has 6 N–H and O–H groups in total. The van der Waals surface area contributed by atoms with Crippen LogP contribution in [0.1, 0.15) is 13.7 Å². The van der Waals surface area contributed by atoms with E-state index in [1.54, 1.807) is 0 Å². The molecule has 116 valence electrons. The van der Waals surface area contributed by atoms with E-state index in [9.17, 15) is 15.0 Å². The van der Waals surface area contributed by atoms with Gasteiger partial charge in [0.25, 0.3) is 5.56 Å². The van der Waals surface area contributed by atoms with Crippen LogP contribution in [0.15, 0.2) is 11.1 Å². The third-order valence-corrected chi connectivity index (χ3v) is 3.24. The molecule has 3 heterocycles. The lowest BCUT2D eigenvalue weighted by Gasteiger charge is -2.16. The highest BCUT2D eigenvalue weighted by molar-refractivity contribution is 5.70. The minimum atomic E-state index is -1.29. The lowest BCUT2D eigenvalue weighted by atomic mass is 10.1. The van der Waals surface area contributed by atoms with Gasteiger partial charge in [-0.15, -0.1) is 0 Å². The number of hydrogen-bond acceptors (Lipinski definition) is 8. The van der Waals surface area contributed by atoms with Gasteiger partial charge in [-0.05, 0) is 0 Å². The fourth-order valence-corrected chi connectivity index (χ4v) is 2.24. The molecule has 2 aromatic rings. The number of hydrogen-bond donors (Lipinski definition) is 5. The second kappa shape index (κ2) is 5.41. The van der Waals surface area contributed by atoms with E-state index in [4.69, 9.17) is 15.6 Å². The van der Waals surface area contributed by atoms with Crippen LogP contribution in [0, 0.1) is 0 Å². The smallest absolute Gasteiger partial charge is 0.280 e. The predicted octanol–water partition coefficient (Wildman–Crippen LogP) is -2.05. The number of nitrogens with one attached hydrogen (secondary N) is 1. The Kier molecular flexibility index (Phi) is 3.96. The fourth-order valence-electron chi connectivity index (χ4n) is 2.24. The highest BCUT2D eigenvalue weighted by atomic mass is 16.6. The molecule has 0 saturated carbocycles. The van der Waals surface area contributed by atoms with E-state index in [2.05, 4.69) is 15.0 Å². The molecule has 0 bridgehead atoms. The third-order valence-electron chi connectivity index (χ3n) is 3.24. The molecule has 0 spiro atoms. The van der Waals surface area contributed by atoms with E-state index in [0.29, 0.717) is 0 Å². The van der Waals surface area contributed by atoms with Crippen molar-refractivity contribution in [1.29, 1.82) is 0 Å². The second-order valence-electron chi connectivity index (χ2n) is 4.50. The van der Waals surface area contributed by atoms with Crippen LogP contribution in [0.2, 0.25) is 0 Å². The van der Waals surface area contributed by atoms with Gasteiger partial charge in [-0.2, -0.15) is 4.98 Å². The largest absolute Gasteiger partial charge is 0.394 e. The Balaban J connectivity index is 0.00000161. The van der Waals surface area contributed by atoms with Crippen LogP contribution < -0.4 is 11.3 Å². The van der Waals surface area contributed by atoms with E-state index in [0.717, 1.165) is 0 Å². The molecule has 0 radical (unpaired) electrons. The van der Waals surface area contributed by atoms with Gasteiger partial charge in [0.2, 0.25) is 5.95 Å². The highest BCUT2D eigenvalue weighted by Gasteiger charge is 2.44. The number of nitrogens with zero attached hydrogens (tertiary/aromatic N) is 3. The predicted molar refractivity (Wildman–Crippen MR) is 72.3 cm³/mol. The Morgan fingerprint density at radius 2 is 2.14 bits per heavy atom. The Morgan fingerprint density at radius 1 is 1.43 bits per heavy atom. The number of fused-ring (bicyclic) bond motifs is 1. The highest BCUT2D eigenvalue weighted by Crippen LogP contribution is 2.30. The van der Waals surface area contributed by atoms with Crippen molar-refractivity contribution in [2.75, 3.05) is 12.3 Å². The van der Waals surface area contributed by atoms with Crippen molar-refractivity contribution in [2.24, 2.45) is 0 Å². The first kappa shape index (κ1) is 15.4. The Bertz CT molecular complexity index is 698. The molecule has 10 nitrogen and oxygen atoms in total. The average molecular weight is 299 g/mol. The van der Waals surface area contributed by atoms with Crippen LogP contribution in [-0.4, -0.2) is 59.8 Å². The first-order valence-electron chi connectivity index (χ1n) is 5.87. The molecule has 1 unspecified atom stereocenters. The Morgan fingerprint density at radius 3 is 2.76 bits per heavy atom. The number of imidazole rings is 1. The molecule has 1 aliphatic heterocycles. The van der Waals surface area contributed by atoms with Gasteiger partial charge < -0.3 is 25.8 Å². The van der Waals surface area contributed by atoms with Crippen molar-refractivity contribution >= 4 is 17.1 Å². The fraction of sp³-hybridized carbons (Fsp3) is 0.545. The molecular weight excluding hydrogens is 282 g/mol. The van der Waals surface area contributed by atoms with E-state index in [1.165, 1.54) is 10.9 Å². The summed E-state index contributed by atoms with van der Waals surface area (Å²) in [5.41, 5.74) is 5.12. The summed E-state index contributed by atoms with van der Waals surface area (Å²) in [6.07, 6.45) is -3.21. The van der Waals surface area contributed by atoms with Gasteiger partial charge in [-0.1, -0.05) is 7.43 Å². The lowest BCUT2D eigenvalue weighted by Crippen LogP contribution is -2.33. The number of rotatable bonds is 2. The molecule has 4 atom stereocenters. The van der Waals surface area contributed by atoms with E-state index >= 15 is 0 Å². The van der Waals surface area contributed by atoms with Crippen LogP contribution in [0.4, 0.5) is 5.95 Å². The van der Waals surface area contributed by atoms with E-state index in [-0.39, 0.29) is 24.5 Å². The number of nitrogens with two attached hydrogens (primary N) is 1. The maximum absolute atomic E-state index is 11.7. The van der Waals surface area contributed by atoms with Crippen molar-refractivity contribution in [1.82, 2.24) is 19.5 Å². The number of nitrogen functional groups attached to an aromatic ring is 1. The molecule has 0 amide bonds. The monoisotopic (exact) mass is 299 g/mol. The summed E-state index contributed by atoms with van der Waals surface area (Å²) in [5, 5.41) is 28.7. The second-order valence-corrected chi connectivity index (χ2v) is 4.50. The normalized spacial score (nSPS) is 28.7. The zero-order chi connectivity index (χ0) is 14.4. The average Bonchev–Trinajstić information content (AvgIpc) is 2.93. The van der Waals surface area contributed by atoms with E-state index in [1.807, 2.05) is 0 Å². The maximum atomic E-state index is 11.7. The molecule has 1 saturated heterocycles. The van der Waals surface area contributed by atoms with Gasteiger partial charge in [0, 0.05) is 0 Å². The number of anilines is 1. The van der Waals surface area contributed by atoms with Crippen molar-refractivity contribution in [3.63, 3.8) is 0 Å². The number of H-pyrrole nitrogens is 1. The molecule has 10 heteroatoms. The first-order valence-corrected chi connectivity index (χ1v) is 5.87. The van der Waals surface area contributed by atoms with Crippen LogP contribution in [0.5, 0.6) is 0 Å². The third kappa shape index (κ3) is 2.27. The molecule has 1 aliphatic rings. The summed E-state index contributed by atoms with van der Waals surface area (Å²) in [7, 11) is 0. The molecule has 2 aromatic heterocycles. The zero-order valence-electron chi connectivity index (χ0n) is 10.2. The Labute approximate surface area is 118 Å². The van der Waals surface area contributed by atoms with E-state index < -0.39 is 36.7 Å². The quantitative estimate of drug-likeness (QED) is 0.423. The number of aromatic nitrogens is 4. The van der Waals surface area contributed by atoms with Gasteiger partial charge in [-0.25, -0.2) is 4.98 Å². The maximum Gasteiger partial charge on any atom is 0.280 e. The Hall–Kier alpha value is -2.01. The van der Waals surface area contributed by atoms with Gasteiger partial charge >= 0.3 is 0 Å². The molecule has 21 heavy (non-hydrogen) atoms. The van der Waals surface area contributed by atoms with Crippen molar-refractivity contribution in [3.8, 4) is 0 Å². The summed E-state index contributed by atoms with van der Waals surface area (Å²) in [6, 6.07) is 0. The van der Waals surface area contributed by atoms with Gasteiger partial charge in [0.05, 0.1) is 12.9 Å². The number of aliphatic hydroxyl groups is 3. The molecule has 0 aromatic carbocycles. The van der Waals surface area contributed by atoms with Crippen LogP contribution in [0.25, 0.3) is 11.2 Å². The minimum Gasteiger partial charge on any atom is -0.394 e. The number of aliphatic hydroxyl groups excluding tert-OH is 3. The van der Waals surface area contributed by atoms with Crippen LogP contribution in [0.3, 0.4) is 0 Å². The van der Waals surface area contributed by atoms with Crippen LogP contribution >= 0.6 is 0 Å². The summed E-state index contributed by atoms with van der Waals surface area (Å²) < 4.78 is 6.64. The molecule has 0 aliphatic carbocycles. The molecule has 3 rings (SSSR count). The summed E-state index contributed by atoms with van der Waals surface area (Å²) >= 11 is 0. The van der Waals surface area contributed by atoms with Crippen molar-refractivity contribution < 1.29 is 20.1 Å².